The van der Waals surface area contributed by atoms with E-state index in [1.807, 2.05) is 17.0 Å². The number of H-pyrrole nitrogens is 1. The molecule has 3 aliphatic rings. The highest BCUT2D eigenvalue weighted by molar-refractivity contribution is 7.90. The number of aromatic amines is 1. The van der Waals surface area contributed by atoms with Crippen molar-refractivity contribution in [3.63, 3.8) is 0 Å². The van der Waals surface area contributed by atoms with Crippen LogP contribution in [0.15, 0.2) is 65.7 Å². The first kappa shape index (κ1) is 30.0. The van der Waals surface area contributed by atoms with Crippen LogP contribution in [0.25, 0.3) is 11.0 Å². The second-order valence-electron chi connectivity index (χ2n) is 12.0. The van der Waals surface area contributed by atoms with Gasteiger partial charge in [0.15, 0.2) is 5.75 Å². The van der Waals surface area contributed by atoms with Crippen LogP contribution in [0.3, 0.4) is 0 Å². The minimum absolute atomic E-state index is 0.00594. The molecule has 0 spiro atoms. The number of sulfonamides is 1. The number of benzene rings is 2. The molecule has 2 fully saturated rings. The first-order chi connectivity index (χ1) is 22.2. The molecule has 13 nitrogen and oxygen atoms in total. The molecule has 14 heteroatoms. The van der Waals surface area contributed by atoms with Crippen molar-refractivity contribution < 1.29 is 27.6 Å². The molecular weight excluding hydrogens is 612 g/mol. The summed E-state index contributed by atoms with van der Waals surface area (Å²) in [6.07, 6.45) is 7.95. The Bertz CT molecular complexity index is 1900. The monoisotopic (exact) mass is 646 g/mol. The van der Waals surface area contributed by atoms with Gasteiger partial charge in [0.25, 0.3) is 15.9 Å². The van der Waals surface area contributed by atoms with Gasteiger partial charge in [-0.15, -0.1) is 0 Å². The number of amides is 1. The number of fused-ring (bicyclic) bond motifs is 2. The Hall–Kier alpha value is -4.69. The topological polar surface area (TPSA) is 169 Å². The summed E-state index contributed by atoms with van der Waals surface area (Å²) in [6.45, 7) is 0.914. The number of anilines is 2. The van der Waals surface area contributed by atoms with Crippen LogP contribution >= 0.6 is 0 Å². The number of aromatic nitrogens is 2. The van der Waals surface area contributed by atoms with E-state index in [-0.39, 0.29) is 17.4 Å². The zero-order valence-electron chi connectivity index (χ0n) is 25.0. The van der Waals surface area contributed by atoms with E-state index in [2.05, 4.69) is 20.0 Å². The molecule has 0 bridgehead atoms. The Balaban J connectivity index is 1.11. The number of carbonyl (C=O) groups is 1. The molecule has 2 aromatic heterocycles. The lowest BCUT2D eigenvalue weighted by Gasteiger charge is -2.29. The van der Waals surface area contributed by atoms with Crippen LogP contribution < -0.4 is 24.4 Å². The van der Waals surface area contributed by atoms with Gasteiger partial charge in [0.05, 0.1) is 33.8 Å². The standard InChI is InChI=1S/C32H34N6O7S/c39-31(25-4-1-2-5-26(25)37-16-3-17-44-32-28(37)18-20-14-15-33-30(20)35-32)36-46(42,43)24-12-13-29(27(19-24)38(40)41)45-23-10-8-22(9-11-23)34-21-6-7-21/h1-2,4-5,12-15,18-19,21-23,34H,3,6-11,16-17H2,(H,33,35)(H,36,39). The van der Waals surface area contributed by atoms with E-state index in [9.17, 15) is 23.3 Å². The summed E-state index contributed by atoms with van der Waals surface area (Å²) in [5.41, 5.74) is 1.41. The number of rotatable bonds is 9. The average Bonchev–Trinajstić information content (AvgIpc) is 3.79. The van der Waals surface area contributed by atoms with Crippen molar-refractivity contribution >= 4 is 44.0 Å². The van der Waals surface area contributed by atoms with Crippen LogP contribution in [-0.2, 0) is 10.0 Å². The molecule has 240 valence electrons. The van der Waals surface area contributed by atoms with Gasteiger partial charge < -0.3 is 24.7 Å². The third kappa shape index (κ3) is 6.22. The molecule has 2 saturated carbocycles. The van der Waals surface area contributed by atoms with E-state index in [0.717, 1.165) is 37.1 Å². The van der Waals surface area contributed by atoms with Gasteiger partial charge in [-0.05, 0) is 81.3 Å². The molecule has 2 aromatic carbocycles. The molecule has 3 N–H and O–H groups in total. The highest BCUT2D eigenvalue weighted by Crippen LogP contribution is 2.39. The van der Waals surface area contributed by atoms with E-state index < -0.39 is 31.4 Å². The van der Waals surface area contributed by atoms with Crippen molar-refractivity contribution in [2.45, 2.75) is 68.0 Å². The van der Waals surface area contributed by atoms with Crippen LogP contribution in [0.1, 0.15) is 55.3 Å². The molecule has 0 atom stereocenters. The van der Waals surface area contributed by atoms with Crippen molar-refractivity contribution in [1.82, 2.24) is 20.0 Å². The Kier molecular flexibility index (Phi) is 7.99. The molecule has 0 radical (unpaired) electrons. The Labute approximate surface area is 265 Å². The number of hydrogen-bond donors (Lipinski definition) is 3. The molecule has 3 heterocycles. The van der Waals surface area contributed by atoms with Crippen LogP contribution in [-0.4, -0.2) is 60.6 Å². The van der Waals surface area contributed by atoms with Gasteiger partial charge in [0.1, 0.15) is 11.3 Å². The number of hydrogen-bond acceptors (Lipinski definition) is 10. The minimum Gasteiger partial charge on any atom is -0.484 e. The van der Waals surface area contributed by atoms with Gasteiger partial charge in [-0.2, -0.15) is 4.98 Å². The number of nitro groups is 1. The Morgan fingerprint density at radius 3 is 2.54 bits per heavy atom. The summed E-state index contributed by atoms with van der Waals surface area (Å²) in [7, 11) is -4.49. The molecule has 0 unspecified atom stereocenters. The van der Waals surface area contributed by atoms with Gasteiger partial charge in [-0.1, -0.05) is 12.1 Å². The van der Waals surface area contributed by atoms with Crippen molar-refractivity contribution in [2.24, 2.45) is 0 Å². The van der Waals surface area contributed by atoms with Gasteiger partial charge in [-0.25, -0.2) is 13.1 Å². The fraction of sp³-hybridized carbons (Fsp3) is 0.375. The number of carbonyl (C=O) groups excluding carboxylic acids is 1. The second-order valence-corrected chi connectivity index (χ2v) is 13.6. The SMILES string of the molecule is O=C(NS(=O)(=O)c1ccc(OC2CCC(NC3CC3)CC2)c([N+](=O)[O-])c1)c1ccccc1N1CCCOc2nc3[nH]ccc3cc21. The summed E-state index contributed by atoms with van der Waals surface area (Å²) in [6, 6.07) is 14.9. The summed E-state index contributed by atoms with van der Waals surface area (Å²) in [5, 5.41) is 16.5. The number of nitrogens with zero attached hydrogens (tertiary/aromatic N) is 3. The van der Waals surface area contributed by atoms with Crippen LogP contribution in [0.4, 0.5) is 17.1 Å². The number of nitrogens with one attached hydrogen (secondary N) is 3. The highest BCUT2D eigenvalue weighted by Gasteiger charge is 2.31. The lowest BCUT2D eigenvalue weighted by Crippen LogP contribution is -2.37. The van der Waals surface area contributed by atoms with Gasteiger partial charge >= 0.3 is 5.69 Å². The molecule has 4 aromatic rings. The second kappa shape index (κ2) is 12.2. The predicted molar refractivity (Wildman–Crippen MR) is 170 cm³/mol. The smallest absolute Gasteiger partial charge is 0.312 e. The Morgan fingerprint density at radius 2 is 1.78 bits per heavy atom. The molecule has 0 saturated heterocycles. The number of nitro benzene ring substituents is 1. The predicted octanol–water partition coefficient (Wildman–Crippen LogP) is 4.95. The quantitative estimate of drug-likeness (QED) is 0.167. The summed E-state index contributed by atoms with van der Waals surface area (Å²) < 4.78 is 40.9. The first-order valence-electron chi connectivity index (χ1n) is 15.5. The van der Waals surface area contributed by atoms with E-state index in [1.54, 1.807) is 24.4 Å². The molecule has 46 heavy (non-hydrogen) atoms. The number of ether oxygens (including phenoxy) is 2. The van der Waals surface area contributed by atoms with Crippen molar-refractivity contribution in [2.75, 3.05) is 18.1 Å². The number of pyridine rings is 1. The average molecular weight is 647 g/mol. The largest absolute Gasteiger partial charge is 0.484 e. The molecule has 1 aliphatic heterocycles. The van der Waals surface area contributed by atoms with Crippen molar-refractivity contribution in [3.05, 3.63) is 76.5 Å². The fourth-order valence-corrected chi connectivity index (χ4v) is 7.16. The maximum atomic E-state index is 13.6. The molecule has 7 rings (SSSR count). The molecule has 1 amide bonds. The van der Waals surface area contributed by atoms with E-state index in [1.165, 1.54) is 31.0 Å². The minimum atomic E-state index is -4.49. The van der Waals surface area contributed by atoms with E-state index in [0.29, 0.717) is 54.6 Å². The van der Waals surface area contributed by atoms with Gasteiger partial charge in [0, 0.05) is 36.3 Å². The van der Waals surface area contributed by atoms with Crippen molar-refractivity contribution in [1.29, 1.82) is 0 Å². The highest BCUT2D eigenvalue weighted by atomic mass is 32.2. The van der Waals surface area contributed by atoms with Crippen LogP contribution in [0.5, 0.6) is 11.6 Å². The summed E-state index contributed by atoms with van der Waals surface area (Å²) in [4.78, 5) is 34.0. The Morgan fingerprint density at radius 1 is 1.02 bits per heavy atom. The third-order valence-electron chi connectivity index (χ3n) is 8.66. The van der Waals surface area contributed by atoms with E-state index in [4.69, 9.17) is 9.47 Å². The normalized spacial score (nSPS) is 20.0. The van der Waals surface area contributed by atoms with Crippen molar-refractivity contribution in [3.8, 4) is 11.6 Å². The molecular formula is C32H34N6O7S. The summed E-state index contributed by atoms with van der Waals surface area (Å²) >= 11 is 0. The third-order valence-corrected chi connectivity index (χ3v) is 9.99. The number of para-hydroxylation sites is 1. The van der Waals surface area contributed by atoms with Gasteiger partial charge in [0.2, 0.25) is 5.88 Å². The zero-order valence-corrected chi connectivity index (χ0v) is 25.8. The van der Waals surface area contributed by atoms with Crippen LogP contribution in [0, 0.1) is 10.1 Å². The molecule has 2 aliphatic carbocycles. The lowest BCUT2D eigenvalue weighted by atomic mass is 9.93. The van der Waals surface area contributed by atoms with Crippen LogP contribution in [0.2, 0.25) is 0 Å². The fourth-order valence-electron chi connectivity index (χ4n) is 6.17. The maximum Gasteiger partial charge on any atom is 0.312 e. The van der Waals surface area contributed by atoms with E-state index >= 15 is 0 Å². The summed E-state index contributed by atoms with van der Waals surface area (Å²) in [5.74, 6) is -0.475. The lowest BCUT2D eigenvalue weighted by molar-refractivity contribution is -0.386. The van der Waals surface area contributed by atoms with Gasteiger partial charge in [-0.3, -0.25) is 14.9 Å². The maximum absolute atomic E-state index is 13.6. The zero-order chi connectivity index (χ0) is 31.8. The first-order valence-corrected chi connectivity index (χ1v) is 17.0.